The van der Waals surface area contributed by atoms with Crippen molar-refractivity contribution in [2.45, 2.75) is 38.1 Å². The van der Waals surface area contributed by atoms with Gasteiger partial charge in [-0.1, -0.05) is 30.3 Å². The quantitative estimate of drug-likeness (QED) is 0.658. The fraction of sp³-hybridized carbons (Fsp3) is 0.375. The zero-order valence-corrected chi connectivity index (χ0v) is 15.9. The molecule has 2 N–H and O–H groups in total. The number of amides is 3. The molecule has 0 saturated heterocycles. The van der Waals surface area contributed by atoms with Crippen LogP contribution < -0.4 is 15.4 Å². The van der Waals surface area contributed by atoms with E-state index in [-0.39, 0.29) is 29.5 Å². The standard InChI is InChI=1S/C16H19ClN4O4S/c1-3-10(2)18-15(23)19-13(22)9-26-16-21-20-14(25-16)8-24-12-6-4-11(17)5-7-12/h4-7,10H,3,8-9H2,1-2H3,(H2,18,19,22,23)/t10-/m1/s1. The lowest BCUT2D eigenvalue weighted by molar-refractivity contribution is -0.117. The van der Waals surface area contributed by atoms with Crippen molar-refractivity contribution in [1.29, 1.82) is 0 Å². The number of hydrogen-bond donors (Lipinski definition) is 2. The number of carbonyl (C=O) groups excluding carboxylic acids is 2. The average Bonchev–Trinajstić information content (AvgIpc) is 3.07. The Hall–Kier alpha value is -2.26. The summed E-state index contributed by atoms with van der Waals surface area (Å²) in [5.41, 5.74) is 0. The molecule has 0 aliphatic rings. The van der Waals surface area contributed by atoms with Crippen LogP contribution in [0.2, 0.25) is 5.02 Å². The summed E-state index contributed by atoms with van der Waals surface area (Å²) in [7, 11) is 0. The minimum Gasteiger partial charge on any atom is -0.484 e. The van der Waals surface area contributed by atoms with E-state index in [2.05, 4.69) is 20.8 Å². The molecule has 1 heterocycles. The van der Waals surface area contributed by atoms with Crippen molar-refractivity contribution in [2.24, 2.45) is 0 Å². The second-order valence-corrected chi connectivity index (χ2v) is 6.69. The van der Waals surface area contributed by atoms with Gasteiger partial charge in [0.2, 0.25) is 5.91 Å². The molecule has 1 aromatic carbocycles. The van der Waals surface area contributed by atoms with E-state index in [0.717, 1.165) is 18.2 Å². The monoisotopic (exact) mass is 398 g/mol. The van der Waals surface area contributed by atoms with E-state index < -0.39 is 11.9 Å². The van der Waals surface area contributed by atoms with Crippen LogP contribution >= 0.6 is 23.4 Å². The molecule has 1 aromatic heterocycles. The van der Waals surface area contributed by atoms with Crippen LogP contribution in [0.15, 0.2) is 33.9 Å². The number of carbonyl (C=O) groups is 2. The van der Waals surface area contributed by atoms with Gasteiger partial charge in [-0.25, -0.2) is 4.79 Å². The largest absolute Gasteiger partial charge is 0.484 e. The average molecular weight is 399 g/mol. The molecule has 0 aliphatic heterocycles. The van der Waals surface area contributed by atoms with E-state index in [1.54, 1.807) is 24.3 Å². The van der Waals surface area contributed by atoms with Crippen molar-refractivity contribution >= 4 is 35.3 Å². The number of rotatable bonds is 8. The summed E-state index contributed by atoms with van der Waals surface area (Å²) in [6, 6.07) is 6.35. The predicted molar refractivity (Wildman–Crippen MR) is 97.2 cm³/mol. The van der Waals surface area contributed by atoms with Crippen molar-refractivity contribution in [1.82, 2.24) is 20.8 Å². The van der Waals surface area contributed by atoms with Crippen LogP contribution in [0.1, 0.15) is 26.2 Å². The maximum Gasteiger partial charge on any atom is 0.321 e. The van der Waals surface area contributed by atoms with Crippen molar-refractivity contribution in [3.05, 3.63) is 35.2 Å². The zero-order chi connectivity index (χ0) is 18.9. The van der Waals surface area contributed by atoms with E-state index in [1.165, 1.54) is 0 Å². The van der Waals surface area contributed by atoms with Crippen LogP contribution in [0.3, 0.4) is 0 Å². The van der Waals surface area contributed by atoms with Gasteiger partial charge in [0.15, 0.2) is 6.61 Å². The fourth-order valence-corrected chi connectivity index (χ4v) is 2.39. The Kier molecular flexibility index (Phi) is 7.73. The molecule has 8 nitrogen and oxygen atoms in total. The first-order valence-electron chi connectivity index (χ1n) is 7.90. The summed E-state index contributed by atoms with van der Waals surface area (Å²) in [4.78, 5) is 23.3. The summed E-state index contributed by atoms with van der Waals surface area (Å²) in [6.07, 6.45) is 0.777. The Balaban J connectivity index is 1.73. The maximum absolute atomic E-state index is 11.7. The summed E-state index contributed by atoms with van der Waals surface area (Å²) < 4.78 is 10.9. The third kappa shape index (κ3) is 6.93. The summed E-state index contributed by atoms with van der Waals surface area (Å²) in [5, 5.41) is 13.4. The zero-order valence-electron chi connectivity index (χ0n) is 14.3. The molecule has 0 saturated carbocycles. The molecule has 10 heteroatoms. The van der Waals surface area contributed by atoms with Crippen LogP contribution in [-0.4, -0.2) is 33.9 Å². The van der Waals surface area contributed by atoms with Gasteiger partial charge in [0.05, 0.1) is 5.75 Å². The number of nitrogens with zero attached hydrogens (tertiary/aromatic N) is 2. The lowest BCUT2D eigenvalue weighted by atomic mass is 10.3. The van der Waals surface area contributed by atoms with E-state index >= 15 is 0 Å². The van der Waals surface area contributed by atoms with E-state index in [9.17, 15) is 9.59 Å². The number of thioether (sulfide) groups is 1. The van der Waals surface area contributed by atoms with Gasteiger partial charge in [-0.05, 0) is 37.6 Å². The highest BCUT2D eigenvalue weighted by Crippen LogP contribution is 2.19. The first kappa shape index (κ1) is 20.1. The number of imide groups is 1. The Morgan fingerprint density at radius 2 is 2.04 bits per heavy atom. The third-order valence-corrected chi connectivity index (χ3v) is 4.26. The Bertz CT molecular complexity index is 738. The Morgan fingerprint density at radius 3 is 2.73 bits per heavy atom. The van der Waals surface area contributed by atoms with Gasteiger partial charge < -0.3 is 14.5 Å². The molecule has 3 amide bonds. The molecular formula is C16H19ClN4O4S. The third-order valence-electron chi connectivity index (χ3n) is 3.19. The molecule has 0 radical (unpaired) electrons. The topological polar surface area (TPSA) is 106 Å². The van der Waals surface area contributed by atoms with Crippen molar-refractivity contribution < 1.29 is 18.7 Å². The lowest BCUT2D eigenvalue weighted by Gasteiger charge is -2.11. The summed E-state index contributed by atoms with van der Waals surface area (Å²) in [6.45, 7) is 3.88. The number of urea groups is 1. The number of ether oxygens (including phenoxy) is 1. The summed E-state index contributed by atoms with van der Waals surface area (Å²) in [5.74, 6) is 0.423. The number of benzene rings is 1. The maximum atomic E-state index is 11.7. The molecule has 2 aromatic rings. The van der Waals surface area contributed by atoms with Gasteiger partial charge in [-0.2, -0.15) is 0 Å². The smallest absolute Gasteiger partial charge is 0.321 e. The Morgan fingerprint density at radius 1 is 1.31 bits per heavy atom. The highest BCUT2D eigenvalue weighted by molar-refractivity contribution is 7.99. The van der Waals surface area contributed by atoms with Crippen LogP contribution in [-0.2, 0) is 11.4 Å². The molecule has 0 fully saturated rings. The molecule has 0 spiro atoms. The molecule has 2 rings (SSSR count). The normalized spacial score (nSPS) is 11.7. The highest BCUT2D eigenvalue weighted by Gasteiger charge is 2.13. The van der Waals surface area contributed by atoms with Crippen LogP contribution in [0.25, 0.3) is 0 Å². The minimum absolute atomic E-state index is 0.00501. The lowest BCUT2D eigenvalue weighted by Crippen LogP contribution is -2.43. The van der Waals surface area contributed by atoms with Crippen LogP contribution in [0.4, 0.5) is 4.79 Å². The van der Waals surface area contributed by atoms with Crippen LogP contribution in [0, 0.1) is 0 Å². The molecule has 26 heavy (non-hydrogen) atoms. The highest BCUT2D eigenvalue weighted by atomic mass is 35.5. The minimum atomic E-state index is -0.521. The van der Waals surface area contributed by atoms with Crippen molar-refractivity contribution in [3.8, 4) is 5.75 Å². The molecule has 0 aliphatic carbocycles. The van der Waals surface area contributed by atoms with Gasteiger partial charge in [-0.3, -0.25) is 10.1 Å². The van der Waals surface area contributed by atoms with Crippen molar-refractivity contribution in [3.63, 3.8) is 0 Å². The van der Waals surface area contributed by atoms with Gasteiger partial charge >= 0.3 is 6.03 Å². The number of nitrogens with one attached hydrogen (secondary N) is 2. The number of aromatic nitrogens is 2. The first-order chi connectivity index (χ1) is 12.5. The number of halogens is 1. The van der Waals surface area contributed by atoms with Crippen molar-refractivity contribution in [2.75, 3.05) is 5.75 Å². The van der Waals surface area contributed by atoms with E-state index in [1.807, 2.05) is 13.8 Å². The second-order valence-electron chi connectivity index (χ2n) is 5.32. The SMILES string of the molecule is CC[C@@H](C)NC(=O)NC(=O)CSc1nnc(COc2ccc(Cl)cc2)o1. The molecule has 140 valence electrons. The van der Waals surface area contributed by atoms with Gasteiger partial charge in [0, 0.05) is 11.1 Å². The number of hydrogen-bond acceptors (Lipinski definition) is 7. The molecule has 0 unspecified atom stereocenters. The summed E-state index contributed by atoms with van der Waals surface area (Å²) >= 11 is 6.83. The molecular weight excluding hydrogens is 380 g/mol. The fourth-order valence-electron chi connectivity index (χ4n) is 1.68. The predicted octanol–water partition coefficient (Wildman–Crippen LogP) is 3.02. The van der Waals surface area contributed by atoms with E-state index in [4.69, 9.17) is 20.8 Å². The second kappa shape index (κ2) is 10.0. The van der Waals surface area contributed by atoms with Crippen LogP contribution in [0.5, 0.6) is 5.75 Å². The Labute approximate surface area is 160 Å². The van der Waals surface area contributed by atoms with E-state index in [0.29, 0.717) is 10.8 Å². The molecule has 0 bridgehead atoms. The van der Waals surface area contributed by atoms with Gasteiger partial charge in [0.25, 0.3) is 11.1 Å². The first-order valence-corrected chi connectivity index (χ1v) is 9.26. The van der Waals surface area contributed by atoms with Gasteiger partial charge in [0.1, 0.15) is 5.75 Å². The van der Waals surface area contributed by atoms with Gasteiger partial charge in [-0.15, -0.1) is 10.2 Å². The molecule has 1 atom stereocenters.